The maximum atomic E-state index is 6.35. The van der Waals surface area contributed by atoms with E-state index in [0.29, 0.717) is 5.82 Å². The summed E-state index contributed by atoms with van der Waals surface area (Å²) in [6, 6.07) is 0. The Hall–Kier alpha value is -0.0151. The van der Waals surface area contributed by atoms with Gasteiger partial charge in [-0.15, -0.1) is 0 Å². The average Bonchev–Trinajstić information content (AvgIpc) is 2.69. The Morgan fingerprint density at radius 1 is 0.565 bits per heavy atom. The van der Waals surface area contributed by atoms with Gasteiger partial charge < -0.3 is 9.31 Å². The van der Waals surface area contributed by atoms with Crippen LogP contribution in [-0.2, 0) is 9.31 Å². The van der Waals surface area contributed by atoms with Gasteiger partial charge in [0.25, 0.3) is 0 Å². The van der Waals surface area contributed by atoms with Gasteiger partial charge in [0.15, 0.2) is 0 Å². The molecule has 1 saturated heterocycles. The van der Waals surface area contributed by atoms with Crippen LogP contribution in [0.15, 0.2) is 0 Å². The molecule has 2 nitrogen and oxygen atoms in total. The van der Waals surface area contributed by atoms with E-state index < -0.39 is 0 Å². The first-order valence-electron chi connectivity index (χ1n) is 10.3. The largest absolute Gasteiger partial charge is 0.461 e. The molecule has 0 aromatic carbocycles. The average molecular weight is 322 g/mol. The maximum absolute atomic E-state index is 6.35. The predicted octanol–water partition coefficient (Wildman–Crippen LogP) is 6.53. The second-order valence-electron chi connectivity index (χ2n) is 8.85. The molecule has 1 saturated carbocycles. The molecule has 2 fully saturated rings. The highest BCUT2D eigenvalue weighted by Crippen LogP contribution is 2.42. The zero-order valence-electron chi connectivity index (χ0n) is 16.2. The number of rotatable bonds is 1. The Balaban J connectivity index is 1.88. The minimum absolute atomic E-state index is 0.00732. The minimum Gasteiger partial charge on any atom is -0.403 e. The van der Waals surface area contributed by atoms with Crippen molar-refractivity contribution in [2.24, 2.45) is 0 Å². The predicted molar refractivity (Wildman–Crippen MR) is 99.9 cm³/mol. The van der Waals surface area contributed by atoms with Gasteiger partial charge in [0.2, 0.25) is 0 Å². The molecule has 0 unspecified atom stereocenters. The molecule has 0 spiro atoms. The lowest BCUT2D eigenvalue weighted by Gasteiger charge is -2.32. The first-order chi connectivity index (χ1) is 10.9. The molecular formula is C20H39BO2. The Bertz CT molecular complexity index is 311. The molecule has 0 aromatic heterocycles. The van der Waals surface area contributed by atoms with Crippen molar-refractivity contribution in [3.05, 3.63) is 0 Å². The summed E-state index contributed by atoms with van der Waals surface area (Å²) in [5, 5.41) is 0. The van der Waals surface area contributed by atoms with E-state index in [1.54, 1.807) is 0 Å². The summed E-state index contributed by atoms with van der Waals surface area (Å²) in [4.78, 5) is 0. The second-order valence-corrected chi connectivity index (χ2v) is 8.85. The molecule has 1 aliphatic carbocycles. The van der Waals surface area contributed by atoms with Crippen LogP contribution in [0.4, 0.5) is 0 Å². The van der Waals surface area contributed by atoms with Crippen LogP contribution in [0, 0.1) is 0 Å². The van der Waals surface area contributed by atoms with Crippen LogP contribution >= 0.6 is 0 Å². The van der Waals surface area contributed by atoms with Crippen LogP contribution in [0.5, 0.6) is 0 Å². The molecule has 1 heterocycles. The molecule has 1 aliphatic heterocycles. The molecule has 3 heteroatoms. The molecule has 2 aliphatic rings. The topological polar surface area (TPSA) is 18.5 Å². The molecule has 134 valence electrons. The van der Waals surface area contributed by atoms with Gasteiger partial charge in [-0.05, 0) is 33.5 Å². The minimum atomic E-state index is -0.184. The quantitative estimate of drug-likeness (QED) is 0.511. The molecule has 0 aromatic rings. The lowest BCUT2D eigenvalue weighted by molar-refractivity contribution is 0.00578. The van der Waals surface area contributed by atoms with Crippen LogP contribution in [0.25, 0.3) is 0 Å². The lowest BCUT2D eigenvalue weighted by Crippen LogP contribution is -2.41. The zero-order chi connectivity index (χ0) is 16.8. The summed E-state index contributed by atoms with van der Waals surface area (Å²) < 4.78 is 12.7. The van der Waals surface area contributed by atoms with Gasteiger partial charge in [-0.3, -0.25) is 0 Å². The van der Waals surface area contributed by atoms with Crippen LogP contribution in [0.2, 0.25) is 5.82 Å². The van der Waals surface area contributed by atoms with Crippen molar-refractivity contribution in [1.82, 2.24) is 0 Å². The van der Waals surface area contributed by atoms with Crippen molar-refractivity contribution in [2.45, 2.75) is 128 Å². The third-order valence-electron chi connectivity index (χ3n) is 6.31. The summed E-state index contributed by atoms with van der Waals surface area (Å²) in [7, 11) is 0.00732. The van der Waals surface area contributed by atoms with E-state index in [1.807, 2.05) is 0 Å². The van der Waals surface area contributed by atoms with Gasteiger partial charge >= 0.3 is 7.12 Å². The van der Waals surface area contributed by atoms with Crippen molar-refractivity contribution in [3.8, 4) is 0 Å². The van der Waals surface area contributed by atoms with Gasteiger partial charge in [0.1, 0.15) is 0 Å². The normalized spacial score (nSPS) is 28.4. The third kappa shape index (κ3) is 5.78. The van der Waals surface area contributed by atoms with Gasteiger partial charge in [-0.2, -0.15) is 0 Å². The van der Waals surface area contributed by atoms with E-state index in [1.165, 1.54) is 83.5 Å². The second kappa shape index (κ2) is 8.90. The van der Waals surface area contributed by atoms with E-state index in [4.69, 9.17) is 9.31 Å². The van der Waals surface area contributed by atoms with Crippen molar-refractivity contribution in [1.29, 1.82) is 0 Å². The molecule has 0 atom stereocenters. The zero-order valence-corrected chi connectivity index (χ0v) is 16.2. The Labute approximate surface area is 145 Å². The lowest BCUT2D eigenvalue weighted by atomic mass is 9.66. The molecule has 0 N–H and O–H groups in total. The van der Waals surface area contributed by atoms with E-state index >= 15 is 0 Å². The third-order valence-corrected chi connectivity index (χ3v) is 6.31. The maximum Gasteiger partial charge on any atom is 0.461 e. The van der Waals surface area contributed by atoms with Gasteiger partial charge in [-0.1, -0.05) is 83.5 Å². The molecule has 0 amide bonds. The fourth-order valence-electron chi connectivity index (χ4n) is 3.90. The van der Waals surface area contributed by atoms with E-state index in [0.717, 1.165) is 0 Å². The Morgan fingerprint density at radius 3 is 1.22 bits per heavy atom. The van der Waals surface area contributed by atoms with Gasteiger partial charge in [-0.25, -0.2) is 0 Å². The van der Waals surface area contributed by atoms with Crippen LogP contribution in [0.1, 0.15) is 111 Å². The van der Waals surface area contributed by atoms with Gasteiger partial charge in [0, 0.05) is 0 Å². The summed E-state index contributed by atoms with van der Waals surface area (Å²) in [6.45, 7) is 8.71. The molecule has 2 rings (SSSR count). The smallest absolute Gasteiger partial charge is 0.403 e. The van der Waals surface area contributed by atoms with Crippen molar-refractivity contribution in [3.63, 3.8) is 0 Å². The number of hydrogen-bond donors (Lipinski definition) is 0. The Kier molecular flexibility index (Phi) is 7.47. The number of hydrogen-bond acceptors (Lipinski definition) is 2. The molecule has 0 bridgehead atoms. The fraction of sp³-hybridized carbons (Fsp3) is 1.00. The van der Waals surface area contributed by atoms with Gasteiger partial charge in [0.05, 0.1) is 11.2 Å². The first-order valence-corrected chi connectivity index (χ1v) is 10.3. The van der Waals surface area contributed by atoms with E-state index in [9.17, 15) is 0 Å². The highest BCUT2D eigenvalue weighted by atomic mass is 16.7. The SMILES string of the molecule is CC1(C)OB(C2CCCCCCCCCCCCC2)OC1(C)C. The molecule has 0 radical (unpaired) electrons. The highest BCUT2D eigenvalue weighted by Gasteiger charge is 2.53. The van der Waals surface area contributed by atoms with Crippen LogP contribution in [0.3, 0.4) is 0 Å². The monoisotopic (exact) mass is 322 g/mol. The fourth-order valence-corrected chi connectivity index (χ4v) is 3.90. The summed E-state index contributed by atoms with van der Waals surface area (Å²) in [6.07, 6.45) is 18.0. The first kappa shape index (κ1) is 19.3. The highest BCUT2D eigenvalue weighted by molar-refractivity contribution is 6.47. The molecular weight excluding hydrogens is 283 g/mol. The summed E-state index contributed by atoms with van der Waals surface area (Å²) >= 11 is 0. The van der Waals surface area contributed by atoms with Crippen LogP contribution < -0.4 is 0 Å². The van der Waals surface area contributed by atoms with Crippen LogP contribution in [-0.4, -0.2) is 18.3 Å². The van der Waals surface area contributed by atoms with Crippen molar-refractivity contribution >= 4 is 7.12 Å². The van der Waals surface area contributed by atoms with Crippen molar-refractivity contribution in [2.75, 3.05) is 0 Å². The summed E-state index contributed by atoms with van der Waals surface area (Å²) in [5.74, 6) is 0.582. The summed E-state index contributed by atoms with van der Waals surface area (Å²) in [5.41, 5.74) is -0.368. The molecule has 23 heavy (non-hydrogen) atoms. The van der Waals surface area contributed by atoms with E-state index in [2.05, 4.69) is 27.7 Å². The van der Waals surface area contributed by atoms with E-state index in [-0.39, 0.29) is 18.3 Å². The standard InChI is InChI=1S/C20H39BO2/c1-19(2)20(3,4)23-21(22-19)18-16-14-12-10-8-6-5-7-9-11-13-15-17-18/h18H,5-17H2,1-4H3. The Morgan fingerprint density at radius 2 is 0.870 bits per heavy atom. The van der Waals surface area contributed by atoms with Crippen molar-refractivity contribution < 1.29 is 9.31 Å².